The topological polar surface area (TPSA) is 80.1 Å². The number of nitrogens with one attached hydrogen (secondary N) is 1. The lowest BCUT2D eigenvalue weighted by Crippen LogP contribution is -2.31. The quantitative estimate of drug-likeness (QED) is 0.382. The summed E-state index contributed by atoms with van der Waals surface area (Å²) in [6.07, 6.45) is 5.96. The Morgan fingerprint density at radius 1 is 0.909 bits per heavy atom. The van der Waals surface area contributed by atoms with Crippen molar-refractivity contribution in [2.75, 3.05) is 29.1 Å². The minimum absolute atomic E-state index is 0.0332. The molecule has 1 aromatic heterocycles. The number of nitrogens with zero attached hydrogens (tertiary/aromatic N) is 4. The molecule has 0 unspecified atom stereocenters. The second-order valence-electron chi connectivity index (χ2n) is 8.54. The first-order valence-corrected chi connectivity index (χ1v) is 12.5. The van der Waals surface area contributed by atoms with E-state index >= 15 is 0 Å². The fraction of sp³-hybridized carbons (Fsp3) is 0.360. The number of carbonyl (C=O) groups is 2. The van der Waals surface area contributed by atoms with Crippen molar-refractivity contribution in [1.29, 1.82) is 0 Å². The van der Waals surface area contributed by atoms with Gasteiger partial charge in [-0.25, -0.2) is 0 Å². The van der Waals surface area contributed by atoms with Crippen molar-refractivity contribution in [3.63, 3.8) is 0 Å². The first kappa shape index (κ1) is 21.7. The predicted molar refractivity (Wildman–Crippen MR) is 130 cm³/mol. The van der Waals surface area contributed by atoms with Gasteiger partial charge in [-0.05, 0) is 68.5 Å². The minimum Gasteiger partial charge on any atom is -0.341 e. The Morgan fingerprint density at radius 3 is 2.33 bits per heavy atom. The third kappa shape index (κ3) is 5.11. The summed E-state index contributed by atoms with van der Waals surface area (Å²) < 4.78 is 2.24. The number of anilines is 2. The molecule has 0 atom stereocenters. The lowest BCUT2D eigenvalue weighted by atomic mass is 10.1. The van der Waals surface area contributed by atoms with E-state index < -0.39 is 0 Å². The van der Waals surface area contributed by atoms with Gasteiger partial charge in [-0.15, -0.1) is 10.2 Å². The van der Waals surface area contributed by atoms with Crippen molar-refractivity contribution < 1.29 is 9.59 Å². The highest BCUT2D eigenvalue weighted by atomic mass is 32.2. The molecule has 1 N–H and O–H groups in total. The fourth-order valence-corrected chi connectivity index (χ4v) is 4.97. The van der Waals surface area contributed by atoms with E-state index in [9.17, 15) is 9.59 Å². The van der Waals surface area contributed by atoms with E-state index in [-0.39, 0.29) is 11.7 Å². The number of thioether (sulfide) groups is 1. The van der Waals surface area contributed by atoms with E-state index in [0.29, 0.717) is 28.6 Å². The number of piperidine rings is 1. The highest BCUT2D eigenvalue weighted by Gasteiger charge is 2.32. The Labute approximate surface area is 197 Å². The van der Waals surface area contributed by atoms with E-state index in [1.807, 2.05) is 18.2 Å². The van der Waals surface area contributed by atoms with E-state index in [4.69, 9.17) is 0 Å². The number of benzene rings is 2. The van der Waals surface area contributed by atoms with Crippen molar-refractivity contribution >= 4 is 35.1 Å². The first-order chi connectivity index (χ1) is 16.2. The van der Waals surface area contributed by atoms with Crippen molar-refractivity contribution in [1.82, 2.24) is 14.8 Å². The Morgan fingerprint density at radius 2 is 1.64 bits per heavy atom. The predicted octanol–water partition coefficient (Wildman–Crippen LogP) is 4.83. The van der Waals surface area contributed by atoms with Crippen LogP contribution in [0.3, 0.4) is 0 Å². The molecule has 1 aliphatic carbocycles. The molecule has 33 heavy (non-hydrogen) atoms. The van der Waals surface area contributed by atoms with Crippen LogP contribution in [0.1, 0.15) is 58.9 Å². The smallest absolute Gasteiger partial charge is 0.255 e. The highest BCUT2D eigenvalue weighted by molar-refractivity contribution is 7.99. The van der Waals surface area contributed by atoms with Gasteiger partial charge in [0.05, 0.1) is 5.75 Å². The highest BCUT2D eigenvalue weighted by Crippen LogP contribution is 2.41. The third-order valence-electron chi connectivity index (χ3n) is 6.03. The van der Waals surface area contributed by atoms with Crippen LogP contribution in [0.15, 0.2) is 59.8 Å². The van der Waals surface area contributed by atoms with Gasteiger partial charge in [0.2, 0.25) is 5.95 Å². The molecule has 1 saturated carbocycles. The molecule has 1 amide bonds. The average Bonchev–Trinajstić information content (AvgIpc) is 3.62. The van der Waals surface area contributed by atoms with Crippen molar-refractivity contribution in [2.45, 2.75) is 43.3 Å². The summed E-state index contributed by atoms with van der Waals surface area (Å²) in [6.45, 7) is 2.06. The number of amides is 1. The van der Waals surface area contributed by atoms with Crippen LogP contribution in [0, 0.1) is 0 Å². The number of carbonyl (C=O) groups excluding carboxylic acids is 2. The monoisotopic (exact) mass is 461 g/mol. The number of hydrogen-bond acceptors (Lipinski definition) is 6. The number of ketones is 1. The average molecular weight is 462 g/mol. The van der Waals surface area contributed by atoms with Crippen LogP contribution in [0.25, 0.3) is 0 Å². The molecule has 0 spiro atoms. The maximum atomic E-state index is 12.8. The van der Waals surface area contributed by atoms with Gasteiger partial charge in [0, 0.05) is 35.9 Å². The van der Waals surface area contributed by atoms with Crippen LogP contribution in [0.2, 0.25) is 0 Å². The molecule has 170 valence electrons. The Bertz CT molecular complexity index is 1120. The van der Waals surface area contributed by atoms with Gasteiger partial charge in [0.25, 0.3) is 5.91 Å². The van der Waals surface area contributed by atoms with Gasteiger partial charge >= 0.3 is 0 Å². The van der Waals surface area contributed by atoms with E-state index in [2.05, 4.69) is 25.0 Å². The summed E-state index contributed by atoms with van der Waals surface area (Å²) in [5.41, 5.74) is 1.87. The molecule has 0 bridgehead atoms. The largest absolute Gasteiger partial charge is 0.341 e. The Balaban J connectivity index is 1.21. The number of hydrogen-bond donors (Lipinski definition) is 1. The summed E-state index contributed by atoms with van der Waals surface area (Å²) in [5, 5.41) is 12.6. The van der Waals surface area contributed by atoms with Gasteiger partial charge in [0.15, 0.2) is 10.9 Å². The van der Waals surface area contributed by atoms with E-state index in [1.165, 1.54) is 31.0 Å². The molecular formula is C25H27N5O2S. The zero-order valence-corrected chi connectivity index (χ0v) is 19.3. The molecule has 3 aromatic rings. The molecule has 1 saturated heterocycles. The van der Waals surface area contributed by atoms with Crippen LogP contribution < -0.4 is 10.2 Å². The Kier molecular flexibility index (Phi) is 6.44. The molecule has 5 rings (SSSR count). The van der Waals surface area contributed by atoms with Crippen molar-refractivity contribution in [3.05, 3.63) is 65.7 Å². The Hall–Kier alpha value is -3.13. The molecule has 1 aliphatic heterocycles. The first-order valence-electron chi connectivity index (χ1n) is 11.5. The summed E-state index contributed by atoms with van der Waals surface area (Å²) in [6, 6.07) is 16.6. The molecular weight excluding hydrogens is 434 g/mol. The van der Waals surface area contributed by atoms with Gasteiger partial charge in [-0.2, -0.15) is 0 Å². The van der Waals surface area contributed by atoms with Crippen molar-refractivity contribution in [3.8, 4) is 0 Å². The molecule has 8 heteroatoms. The molecule has 2 aromatic carbocycles. The summed E-state index contributed by atoms with van der Waals surface area (Å²) >= 11 is 1.46. The molecule has 2 fully saturated rings. The number of rotatable bonds is 8. The zero-order chi connectivity index (χ0) is 22.6. The normalized spacial score (nSPS) is 15.9. The third-order valence-corrected chi connectivity index (χ3v) is 6.97. The molecule has 0 radical (unpaired) electrons. The lowest BCUT2D eigenvalue weighted by Gasteiger charge is -2.27. The summed E-state index contributed by atoms with van der Waals surface area (Å²) in [5.74, 6) is 1.13. The molecule has 2 heterocycles. The van der Waals surface area contributed by atoms with Crippen LogP contribution in [-0.4, -0.2) is 45.3 Å². The molecule has 7 nitrogen and oxygen atoms in total. The zero-order valence-electron chi connectivity index (χ0n) is 18.4. The second-order valence-corrected chi connectivity index (χ2v) is 9.48. The SMILES string of the molecule is O=C(CSc1nnc(N2CCCCC2)n1C1CC1)c1ccc(NC(=O)c2ccccc2)cc1. The fourth-order valence-electron chi connectivity index (χ4n) is 4.08. The summed E-state index contributed by atoms with van der Waals surface area (Å²) in [7, 11) is 0. The van der Waals surface area contributed by atoms with E-state index in [1.54, 1.807) is 36.4 Å². The van der Waals surface area contributed by atoms with Crippen LogP contribution in [0.4, 0.5) is 11.6 Å². The van der Waals surface area contributed by atoms with Crippen LogP contribution in [0.5, 0.6) is 0 Å². The molecule has 2 aliphatic rings. The number of Topliss-reactive ketones (excluding diaryl/α,β-unsaturated/α-hetero) is 1. The maximum Gasteiger partial charge on any atom is 0.255 e. The van der Waals surface area contributed by atoms with Crippen LogP contribution in [-0.2, 0) is 0 Å². The van der Waals surface area contributed by atoms with Gasteiger partial charge in [0.1, 0.15) is 0 Å². The number of aromatic nitrogens is 3. The van der Waals surface area contributed by atoms with Gasteiger partial charge < -0.3 is 10.2 Å². The van der Waals surface area contributed by atoms with Gasteiger partial charge in [-0.3, -0.25) is 14.2 Å². The maximum absolute atomic E-state index is 12.8. The van der Waals surface area contributed by atoms with Gasteiger partial charge in [-0.1, -0.05) is 30.0 Å². The summed E-state index contributed by atoms with van der Waals surface area (Å²) in [4.78, 5) is 27.4. The standard InChI is InChI=1S/C25H27N5O2S/c31-22(18-9-11-20(12-10-18)26-23(32)19-7-3-1-4-8-19)17-33-25-28-27-24(30(25)21-13-14-21)29-15-5-2-6-16-29/h1,3-4,7-12,21H,2,5-6,13-17H2,(H,26,32). The van der Waals surface area contributed by atoms with E-state index in [0.717, 1.165) is 37.0 Å². The van der Waals surface area contributed by atoms with Crippen molar-refractivity contribution in [2.24, 2.45) is 0 Å². The minimum atomic E-state index is -0.172. The second kappa shape index (κ2) is 9.79. The lowest BCUT2D eigenvalue weighted by molar-refractivity contribution is 0.101. The van der Waals surface area contributed by atoms with Crippen LogP contribution >= 0.6 is 11.8 Å².